The van der Waals surface area contributed by atoms with Gasteiger partial charge in [-0.25, -0.2) is 4.98 Å². The number of fused-ring (bicyclic) bond motifs is 2. The second-order valence-electron chi connectivity index (χ2n) is 16.8. The van der Waals surface area contributed by atoms with Gasteiger partial charge in [-0.3, -0.25) is 9.55 Å². The molecular weight excluding hydrogens is 894 g/mol. The van der Waals surface area contributed by atoms with Crippen molar-refractivity contribution in [2.24, 2.45) is 0 Å². The van der Waals surface area contributed by atoms with Crippen LogP contribution in [0.2, 0.25) is 0 Å². The van der Waals surface area contributed by atoms with Crippen LogP contribution in [0, 0.1) is 6.07 Å². The van der Waals surface area contributed by atoms with Crippen molar-refractivity contribution in [2.75, 3.05) is 0 Å². The van der Waals surface area contributed by atoms with E-state index in [0.717, 1.165) is 83.7 Å². The van der Waals surface area contributed by atoms with E-state index in [0.29, 0.717) is 11.4 Å². The van der Waals surface area contributed by atoms with E-state index in [1.165, 1.54) is 0 Å². The number of aromatic nitrogens is 3. The number of hydrogen-bond acceptors (Lipinski definition) is 4. The summed E-state index contributed by atoms with van der Waals surface area (Å²) in [5.41, 5.74) is 12.3. The number of furan rings is 1. The quantitative estimate of drug-likeness (QED) is 0.169. The second kappa shape index (κ2) is 15.0. The molecule has 9 aromatic rings. The first-order valence-corrected chi connectivity index (χ1v) is 19.5. The number of imidazole rings is 1. The predicted octanol–water partition coefficient (Wildman–Crippen LogP) is 13.6. The van der Waals surface area contributed by atoms with Gasteiger partial charge in [-0.15, -0.1) is 29.8 Å². The van der Waals surface area contributed by atoms with Crippen molar-refractivity contribution < 1.29 is 30.6 Å². The van der Waals surface area contributed by atoms with Crippen molar-refractivity contribution in [3.05, 3.63) is 169 Å². The van der Waals surface area contributed by atoms with E-state index in [1.54, 1.807) is 6.20 Å². The van der Waals surface area contributed by atoms with E-state index in [1.807, 2.05) is 48.5 Å². The Hall–Kier alpha value is -6.03. The zero-order valence-corrected chi connectivity index (χ0v) is 35.7. The van der Waals surface area contributed by atoms with Gasteiger partial charge in [0.05, 0.1) is 22.3 Å². The van der Waals surface area contributed by atoms with E-state index >= 15 is 0 Å². The molecule has 290 valence electrons. The zero-order chi connectivity index (χ0) is 39.5. The number of phenolic OH excluding ortho intramolecular Hbond substituents is 1. The molecule has 3 heterocycles. The van der Waals surface area contributed by atoms with Crippen LogP contribution in [-0.4, -0.2) is 19.6 Å². The van der Waals surface area contributed by atoms with Crippen molar-refractivity contribution >= 4 is 22.0 Å². The fraction of sp³-hybridized carbons (Fsp3) is 0.154. The van der Waals surface area contributed by atoms with E-state index in [9.17, 15) is 5.11 Å². The maximum Gasteiger partial charge on any atom is 0.148 e. The summed E-state index contributed by atoms with van der Waals surface area (Å²) in [7, 11) is 0. The van der Waals surface area contributed by atoms with Crippen molar-refractivity contribution in [1.82, 2.24) is 14.5 Å². The minimum absolute atomic E-state index is 0. The van der Waals surface area contributed by atoms with E-state index in [-0.39, 0.29) is 37.6 Å². The molecule has 3 aromatic heterocycles. The van der Waals surface area contributed by atoms with Gasteiger partial charge in [0.25, 0.3) is 0 Å². The summed E-state index contributed by atoms with van der Waals surface area (Å²) in [5.74, 6) is 1.71. The molecule has 0 radical (unpaired) electrons. The summed E-state index contributed by atoms with van der Waals surface area (Å²) in [6, 6.07) is 53.5. The number of phenols is 1. The van der Waals surface area contributed by atoms with Crippen LogP contribution in [0.15, 0.2) is 156 Å². The van der Waals surface area contributed by atoms with Crippen molar-refractivity contribution in [1.29, 1.82) is 0 Å². The topological polar surface area (TPSA) is 64.1 Å². The Morgan fingerprint density at radius 3 is 2.00 bits per heavy atom. The molecule has 0 saturated heterocycles. The molecule has 0 unspecified atom stereocenters. The molecule has 0 saturated carbocycles. The Morgan fingerprint density at radius 2 is 1.28 bits per heavy atom. The third-order valence-electron chi connectivity index (χ3n) is 10.8. The standard InChI is InChI=1S/C52H44N3O2.Pt/c1-51(2,3)37-30-41(49(56)42(31-37)52(4,5)6)50-54-48-39(24-16-26-44(48)55(50)43-25-14-13-23-38(43)33-17-9-7-10-18-33)35-21-15-22-36(29-35)47-40-32-46(34-19-11-8-12-20-34)57-45(40)27-28-53-47;/h7-28,30-32,56H,1-6H3;/q-1;. The first-order valence-electron chi connectivity index (χ1n) is 19.5. The summed E-state index contributed by atoms with van der Waals surface area (Å²) in [6.45, 7) is 13.1. The van der Waals surface area contributed by atoms with Gasteiger partial charge >= 0.3 is 0 Å². The molecule has 9 rings (SSSR count). The zero-order valence-electron chi connectivity index (χ0n) is 33.4. The second-order valence-corrected chi connectivity index (χ2v) is 16.8. The number of hydrogen-bond donors (Lipinski definition) is 1. The number of pyridine rings is 1. The van der Waals surface area contributed by atoms with E-state index in [2.05, 4.69) is 149 Å². The Bertz CT molecular complexity index is 2930. The van der Waals surface area contributed by atoms with Crippen LogP contribution in [0.5, 0.6) is 5.75 Å². The minimum Gasteiger partial charge on any atom is -0.507 e. The average molecular weight is 938 g/mol. The van der Waals surface area contributed by atoms with Crippen LogP contribution < -0.4 is 0 Å². The summed E-state index contributed by atoms with van der Waals surface area (Å²) < 4.78 is 8.53. The van der Waals surface area contributed by atoms with Crippen LogP contribution in [0.25, 0.3) is 83.9 Å². The van der Waals surface area contributed by atoms with Gasteiger partial charge in [0.2, 0.25) is 0 Å². The number of aromatic hydroxyl groups is 1. The molecule has 0 aliphatic heterocycles. The molecule has 0 aliphatic carbocycles. The molecule has 5 nitrogen and oxygen atoms in total. The van der Waals surface area contributed by atoms with Gasteiger partial charge in [-0.1, -0.05) is 150 Å². The SMILES string of the molecule is CC(C)(C)c1cc(-c2nc3c(-c4[c-]c(-c5nccc6oc(-c7ccccc7)cc56)ccc4)cccc3n2-c2ccccc2-c2ccccc2)c(O)c(C(C)(C)C)c1.[Pt]. The van der Waals surface area contributed by atoms with Gasteiger partial charge in [0, 0.05) is 55.0 Å². The monoisotopic (exact) mass is 937 g/mol. The fourth-order valence-corrected chi connectivity index (χ4v) is 7.77. The van der Waals surface area contributed by atoms with E-state index in [4.69, 9.17) is 14.4 Å². The summed E-state index contributed by atoms with van der Waals surface area (Å²) in [6.07, 6.45) is 1.79. The number of benzene rings is 6. The minimum atomic E-state index is -0.312. The molecule has 0 atom stereocenters. The molecule has 58 heavy (non-hydrogen) atoms. The number of nitrogens with zero attached hydrogens (tertiary/aromatic N) is 3. The summed E-state index contributed by atoms with van der Waals surface area (Å²) >= 11 is 0. The molecule has 1 N–H and O–H groups in total. The molecule has 6 heteroatoms. The Morgan fingerprint density at radius 1 is 0.621 bits per heavy atom. The third kappa shape index (κ3) is 6.99. The van der Waals surface area contributed by atoms with Gasteiger partial charge in [-0.2, -0.15) is 0 Å². The van der Waals surface area contributed by atoms with Crippen molar-refractivity contribution in [3.63, 3.8) is 0 Å². The first-order chi connectivity index (χ1) is 27.5. The summed E-state index contributed by atoms with van der Waals surface area (Å²) in [5, 5.41) is 13.2. The van der Waals surface area contributed by atoms with Crippen LogP contribution in [-0.2, 0) is 31.9 Å². The normalized spacial score (nSPS) is 11.9. The molecular formula is C52H44N3O2Pt-. The van der Waals surface area contributed by atoms with E-state index < -0.39 is 0 Å². The molecule has 6 aromatic carbocycles. The summed E-state index contributed by atoms with van der Waals surface area (Å²) in [4.78, 5) is 10.4. The van der Waals surface area contributed by atoms with Crippen molar-refractivity contribution in [3.8, 4) is 67.7 Å². The Balaban J connectivity index is 0.00000469. The largest absolute Gasteiger partial charge is 0.507 e. The average Bonchev–Trinajstić information content (AvgIpc) is 3.83. The molecule has 0 fully saturated rings. The molecule has 0 amide bonds. The van der Waals surface area contributed by atoms with Crippen LogP contribution in [0.1, 0.15) is 52.7 Å². The molecule has 0 spiro atoms. The molecule has 0 aliphatic rings. The predicted molar refractivity (Wildman–Crippen MR) is 234 cm³/mol. The maximum absolute atomic E-state index is 12.3. The maximum atomic E-state index is 12.3. The van der Waals surface area contributed by atoms with Gasteiger partial charge < -0.3 is 9.52 Å². The third-order valence-corrected chi connectivity index (χ3v) is 10.8. The van der Waals surface area contributed by atoms with Crippen LogP contribution in [0.3, 0.4) is 0 Å². The van der Waals surface area contributed by atoms with Crippen molar-refractivity contribution in [2.45, 2.75) is 52.4 Å². The van der Waals surface area contributed by atoms with Gasteiger partial charge in [0.1, 0.15) is 22.9 Å². The Kier molecular flexibility index (Phi) is 10.1. The van der Waals surface area contributed by atoms with Crippen LogP contribution in [0.4, 0.5) is 0 Å². The molecule has 0 bridgehead atoms. The fourth-order valence-electron chi connectivity index (χ4n) is 7.77. The van der Waals surface area contributed by atoms with Crippen LogP contribution >= 0.6 is 0 Å². The number of para-hydroxylation sites is 2. The Labute approximate surface area is 354 Å². The van der Waals surface area contributed by atoms with Gasteiger partial charge in [-0.05, 0) is 52.3 Å². The van der Waals surface area contributed by atoms with Gasteiger partial charge in [0.15, 0.2) is 0 Å². The first kappa shape index (κ1) is 38.8. The number of rotatable bonds is 6. The smallest absolute Gasteiger partial charge is 0.148 e.